The third-order valence-electron chi connectivity index (χ3n) is 1.66. The summed E-state index contributed by atoms with van der Waals surface area (Å²) in [5.41, 5.74) is 0. The Balaban J connectivity index is 3.71. The Hall–Kier alpha value is -0.0951. The first kappa shape index (κ1) is 11.9. The number of likely N-dealkylation sites (N-methyl/N-ethyl adjacent to an activating group) is 2. The van der Waals surface area contributed by atoms with E-state index in [1.54, 1.807) is 0 Å². The molecule has 0 bridgehead atoms. The van der Waals surface area contributed by atoms with E-state index in [1.807, 2.05) is 28.2 Å². The van der Waals surface area contributed by atoms with Gasteiger partial charge in [0.2, 0.25) is 0 Å². The standard InChI is InChI=1S/C7H19BN2O2/c1-9(2)5-6-10(3,4)8-7(11)12/h7,11-12H,5-6H2,1-4H3/q+1. The van der Waals surface area contributed by atoms with Gasteiger partial charge in [-0.05, 0) is 14.1 Å². The van der Waals surface area contributed by atoms with Gasteiger partial charge in [0.15, 0.2) is 6.19 Å². The Morgan fingerprint density at radius 1 is 1.33 bits per heavy atom. The predicted molar refractivity (Wildman–Crippen MR) is 49.5 cm³/mol. The summed E-state index contributed by atoms with van der Waals surface area (Å²) in [6.45, 7) is 1.79. The molecule has 0 spiro atoms. The van der Waals surface area contributed by atoms with Gasteiger partial charge < -0.3 is 19.5 Å². The normalized spacial score (nSPS) is 12.7. The van der Waals surface area contributed by atoms with Gasteiger partial charge >= 0.3 is 7.41 Å². The van der Waals surface area contributed by atoms with Crippen LogP contribution in [0.4, 0.5) is 0 Å². The fourth-order valence-corrected chi connectivity index (χ4v) is 0.893. The van der Waals surface area contributed by atoms with Gasteiger partial charge in [-0.2, -0.15) is 0 Å². The van der Waals surface area contributed by atoms with Gasteiger partial charge in [-0.1, -0.05) is 0 Å². The molecule has 0 aromatic heterocycles. The first-order valence-corrected chi connectivity index (χ1v) is 4.03. The molecule has 0 aliphatic rings. The molecule has 1 radical (unpaired) electrons. The first-order valence-electron chi connectivity index (χ1n) is 4.03. The second-order valence-corrected chi connectivity index (χ2v) is 3.87. The fraction of sp³-hybridized carbons (Fsp3) is 1.00. The molecule has 0 aliphatic heterocycles. The fourth-order valence-electron chi connectivity index (χ4n) is 0.893. The monoisotopic (exact) mass is 174 g/mol. The smallest absolute Gasteiger partial charge is 0.395 e. The minimum atomic E-state index is -1.33. The van der Waals surface area contributed by atoms with Crippen LogP contribution in [0.2, 0.25) is 0 Å². The average Bonchev–Trinajstić information content (AvgIpc) is 1.81. The van der Waals surface area contributed by atoms with E-state index in [0.717, 1.165) is 13.1 Å². The summed E-state index contributed by atoms with van der Waals surface area (Å²) >= 11 is 0. The maximum atomic E-state index is 8.72. The van der Waals surface area contributed by atoms with Gasteiger partial charge in [-0.3, -0.25) is 0 Å². The molecule has 71 valence electrons. The van der Waals surface area contributed by atoms with Crippen LogP contribution >= 0.6 is 0 Å². The Morgan fingerprint density at radius 2 is 1.83 bits per heavy atom. The van der Waals surface area contributed by atoms with Crippen LogP contribution in [-0.2, 0) is 0 Å². The lowest BCUT2D eigenvalue weighted by Gasteiger charge is -2.30. The van der Waals surface area contributed by atoms with Crippen molar-refractivity contribution < 1.29 is 14.6 Å². The van der Waals surface area contributed by atoms with Gasteiger partial charge in [0.1, 0.15) is 0 Å². The van der Waals surface area contributed by atoms with E-state index in [0.29, 0.717) is 4.39 Å². The Labute approximate surface area is 75.3 Å². The molecule has 0 saturated heterocycles. The third kappa shape index (κ3) is 6.60. The summed E-state index contributed by atoms with van der Waals surface area (Å²) in [6, 6.07) is 0. The van der Waals surface area contributed by atoms with Crippen LogP contribution in [0.5, 0.6) is 0 Å². The van der Waals surface area contributed by atoms with Crippen LogP contribution < -0.4 is 0 Å². The molecule has 0 atom stereocenters. The molecule has 0 aromatic rings. The Kier molecular flexibility index (Phi) is 4.78. The lowest BCUT2D eigenvalue weighted by Crippen LogP contribution is -2.51. The number of rotatable bonds is 5. The molecule has 0 amide bonds. The van der Waals surface area contributed by atoms with Crippen molar-refractivity contribution in [3.63, 3.8) is 0 Å². The van der Waals surface area contributed by atoms with E-state index in [2.05, 4.69) is 4.90 Å². The summed E-state index contributed by atoms with van der Waals surface area (Å²) in [5, 5.41) is 17.4. The molecule has 5 heteroatoms. The predicted octanol–water partition coefficient (Wildman–Crippen LogP) is -1.49. The molecule has 0 heterocycles. The summed E-state index contributed by atoms with van der Waals surface area (Å²) in [5.74, 6) is 0. The van der Waals surface area contributed by atoms with Gasteiger partial charge in [0.05, 0.1) is 6.54 Å². The lowest BCUT2D eigenvalue weighted by molar-refractivity contribution is -0.781. The number of nitrogens with zero attached hydrogens (tertiary/aromatic N) is 2. The quantitative estimate of drug-likeness (QED) is 0.394. The maximum absolute atomic E-state index is 8.72. The second kappa shape index (κ2) is 4.82. The molecule has 0 aromatic carbocycles. The third-order valence-corrected chi connectivity index (χ3v) is 1.66. The highest BCUT2D eigenvalue weighted by molar-refractivity contribution is 6.27. The maximum Gasteiger partial charge on any atom is 0.508 e. The van der Waals surface area contributed by atoms with Crippen molar-refractivity contribution in [1.82, 2.24) is 4.90 Å². The summed E-state index contributed by atoms with van der Waals surface area (Å²) in [7, 11) is 9.35. The van der Waals surface area contributed by atoms with Gasteiger partial charge in [0, 0.05) is 20.6 Å². The van der Waals surface area contributed by atoms with Crippen molar-refractivity contribution in [3.8, 4) is 0 Å². The van der Waals surface area contributed by atoms with Crippen molar-refractivity contribution in [2.24, 2.45) is 0 Å². The molecular formula is C7H19BN2O2+. The molecule has 0 rings (SSSR count). The minimum Gasteiger partial charge on any atom is -0.395 e. The lowest BCUT2D eigenvalue weighted by atomic mass is 9.87. The van der Waals surface area contributed by atoms with Crippen LogP contribution in [0.3, 0.4) is 0 Å². The molecule has 12 heavy (non-hydrogen) atoms. The largest absolute Gasteiger partial charge is 0.508 e. The van der Waals surface area contributed by atoms with Crippen LogP contribution in [0.25, 0.3) is 0 Å². The molecule has 0 fully saturated rings. The van der Waals surface area contributed by atoms with E-state index < -0.39 is 6.19 Å². The van der Waals surface area contributed by atoms with Crippen molar-refractivity contribution >= 4 is 7.41 Å². The molecule has 0 unspecified atom stereocenters. The van der Waals surface area contributed by atoms with Gasteiger partial charge in [-0.15, -0.1) is 0 Å². The second-order valence-electron chi connectivity index (χ2n) is 3.87. The highest BCUT2D eigenvalue weighted by Crippen LogP contribution is 1.95. The Bertz CT molecular complexity index is 129. The molecular weight excluding hydrogens is 155 g/mol. The summed E-state index contributed by atoms with van der Waals surface area (Å²) in [4.78, 5) is 2.07. The van der Waals surface area contributed by atoms with Crippen LogP contribution in [0.15, 0.2) is 0 Å². The van der Waals surface area contributed by atoms with E-state index in [4.69, 9.17) is 10.2 Å². The van der Waals surface area contributed by atoms with E-state index >= 15 is 0 Å². The Morgan fingerprint density at radius 3 is 2.17 bits per heavy atom. The highest BCUT2D eigenvalue weighted by atomic mass is 16.5. The summed E-state index contributed by atoms with van der Waals surface area (Å²) < 4.78 is 0.510. The molecule has 2 N–H and O–H groups in total. The zero-order chi connectivity index (χ0) is 9.78. The number of hydrogen-bond acceptors (Lipinski definition) is 3. The number of aliphatic hydroxyl groups is 2. The van der Waals surface area contributed by atoms with Gasteiger partial charge in [0.25, 0.3) is 0 Å². The number of quaternary nitrogens is 1. The van der Waals surface area contributed by atoms with Crippen molar-refractivity contribution in [2.45, 2.75) is 6.19 Å². The van der Waals surface area contributed by atoms with Crippen LogP contribution in [-0.4, -0.2) is 74.4 Å². The number of hydrogen-bond donors (Lipinski definition) is 2. The molecule has 0 saturated carbocycles. The molecule has 0 aliphatic carbocycles. The van der Waals surface area contributed by atoms with Crippen molar-refractivity contribution in [1.29, 1.82) is 0 Å². The minimum absolute atomic E-state index is 0.510. The van der Waals surface area contributed by atoms with Crippen molar-refractivity contribution in [2.75, 3.05) is 41.3 Å². The highest BCUT2D eigenvalue weighted by Gasteiger charge is 2.24. The van der Waals surface area contributed by atoms with E-state index in [1.165, 1.54) is 7.41 Å². The zero-order valence-corrected chi connectivity index (χ0v) is 8.36. The molecule has 4 nitrogen and oxygen atoms in total. The van der Waals surface area contributed by atoms with Gasteiger partial charge in [-0.25, -0.2) is 0 Å². The van der Waals surface area contributed by atoms with Crippen LogP contribution in [0, 0.1) is 0 Å². The van der Waals surface area contributed by atoms with E-state index in [9.17, 15) is 0 Å². The topological polar surface area (TPSA) is 43.7 Å². The average molecular weight is 174 g/mol. The number of aliphatic hydroxyl groups excluding tert-OH is 1. The first-order chi connectivity index (χ1) is 5.33. The van der Waals surface area contributed by atoms with Crippen LogP contribution in [0.1, 0.15) is 0 Å². The zero-order valence-electron chi connectivity index (χ0n) is 8.36. The SMILES string of the molecule is CN(C)CC[N+](C)(C)[B]C(O)O. The van der Waals surface area contributed by atoms with E-state index in [-0.39, 0.29) is 0 Å². The summed E-state index contributed by atoms with van der Waals surface area (Å²) in [6.07, 6.45) is -1.33. The van der Waals surface area contributed by atoms with Crippen molar-refractivity contribution in [3.05, 3.63) is 0 Å².